The van der Waals surface area contributed by atoms with Gasteiger partial charge in [-0.3, -0.25) is 0 Å². The van der Waals surface area contributed by atoms with Gasteiger partial charge in [-0.25, -0.2) is 4.79 Å². The summed E-state index contributed by atoms with van der Waals surface area (Å²) in [5, 5.41) is 0. The van der Waals surface area contributed by atoms with Crippen molar-refractivity contribution < 1.29 is 23.7 Å². The number of fused-ring (bicyclic) bond motifs is 3. The fourth-order valence-corrected chi connectivity index (χ4v) is 2.01. The number of carbonyl (C=O) groups excluding carboxylic acids is 1. The highest BCUT2D eigenvalue weighted by molar-refractivity contribution is 5.89. The Morgan fingerprint density at radius 3 is 2.39 bits per heavy atom. The lowest BCUT2D eigenvalue weighted by Crippen LogP contribution is -2.54. The third-order valence-electron chi connectivity index (χ3n) is 3.10. The van der Waals surface area contributed by atoms with E-state index < -0.39 is 6.48 Å². The van der Waals surface area contributed by atoms with Gasteiger partial charge in [-0.2, -0.15) is 0 Å². The molecule has 1 aromatic rings. The number of esters is 1. The lowest BCUT2D eigenvalue weighted by Gasteiger charge is -2.44. The quantitative estimate of drug-likeness (QED) is 0.754. The van der Waals surface area contributed by atoms with Gasteiger partial charge < -0.3 is 18.9 Å². The van der Waals surface area contributed by atoms with Crippen LogP contribution in [0.25, 0.3) is 0 Å². The first-order chi connectivity index (χ1) is 8.77. The van der Waals surface area contributed by atoms with E-state index in [9.17, 15) is 4.79 Å². The van der Waals surface area contributed by atoms with Crippen molar-refractivity contribution in [2.75, 3.05) is 26.4 Å². The van der Waals surface area contributed by atoms with E-state index in [1.54, 1.807) is 24.3 Å². The maximum Gasteiger partial charge on any atom is 0.338 e. The minimum Gasteiger partial charge on any atom is -0.461 e. The van der Waals surface area contributed by atoms with Crippen LogP contribution < -0.4 is 0 Å². The zero-order valence-electron chi connectivity index (χ0n) is 9.83. The Hall–Kier alpha value is -1.43. The Bertz CT molecular complexity index is 408. The Kier molecular flexibility index (Phi) is 3.03. The van der Waals surface area contributed by atoms with Gasteiger partial charge in [0, 0.05) is 0 Å². The maximum atomic E-state index is 11.8. The Labute approximate surface area is 105 Å². The lowest BCUT2D eigenvalue weighted by atomic mass is 9.91. The Morgan fingerprint density at radius 2 is 1.78 bits per heavy atom. The van der Waals surface area contributed by atoms with Gasteiger partial charge in [-0.15, -0.1) is 0 Å². The normalized spacial score (nSPS) is 30.1. The van der Waals surface area contributed by atoms with Crippen molar-refractivity contribution in [2.24, 2.45) is 5.41 Å². The van der Waals surface area contributed by atoms with Gasteiger partial charge >= 0.3 is 5.97 Å². The number of rotatable bonds is 3. The molecule has 5 heteroatoms. The number of benzene rings is 1. The van der Waals surface area contributed by atoms with E-state index in [0.29, 0.717) is 25.4 Å². The summed E-state index contributed by atoms with van der Waals surface area (Å²) in [5.41, 5.74) is 0.181. The first-order valence-electron chi connectivity index (χ1n) is 5.84. The van der Waals surface area contributed by atoms with Crippen molar-refractivity contribution >= 4 is 5.97 Å². The molecule has 4 rings (SSSR count). The second kappa shape index (κ2) is 4.68. The van der Waals surface area contributed by atoms with E-state index in [4.69, 9.17) is 18.9 Å². The molecule has 0 radical (unpaired) electrons. The predicted molar refractivity (Wildman–Crippen MR) is 60.8 cm³/mol. The average molecular weight is 250 g/mol. The molecule has 0 aromatic heterocycles. The van der Waals surface area contributed by atoms with Crippen LogP contribution in [0.5, 0.6) is 0 Å². The molecule has 3 aliphatic rings. The van der Waals surface area contributed by atoms with Gasteiger partial charge in [0.25, 0.3) is 6.48 Å². The van der Waals surface area contributed by atoms with E-state index in [1.807, 2.05) is 6.07 Å². The van der Waals surface area contributed by atoms with E-state index in [1.165, 1.54) is 0 Å². The molecule has 0 unspecified atom stereocenters. The van der Waals surface area contributed by atoms with Crippen LogP contribution in [-0.2, 0) is 18.9 Å². The summed E-state index contributed by atoms with van der Waals surface area (Å²) in [4.78, 5) is 11.8. The van der Waals surface area contributed by atoms with Crippen LogP contribution in [0.3, 0.4) is 0 Å². The summed E-state index contributed by atoms with van der Waals surface area (Å²) in [7, 11) is 0. The van der Waals surface area contributed by atoms with Gasteiger partial charge in [0.2, 0.25) is 0 Å². The number of hydrogen-bond donors (Lipinski definition) is 0. The topological polar surface area (TPSA) is 54.0 Å². The third-order valence-corrected chi connectivity index (χ3v) is 3.10. The number of hydrogen-bond acceptors (Lipinski definition) is 5. The van der Waals surface area contributed by atoms with Crippen LogP contribution >= 0.6 is 0 Å². The minimum atomic E-state index is -0.545. The highest BCUT2D eigenvalue weighted by Gasteiger charge is 2.44. The van der Waals surface area contributed by atoms with Crippen molar-refractivity contribution in [3.8, 4) is 0 Å². The molecule has 0 spiro atoms. The zero-order valence-corrected chi connectivity index (χ0v) is 9.83. The summed E-state index contributed by atoms with van der Waals surface area (Å²) in [6.07, 6.45) is 0. The van der Waals surface area contributed by atoms with Crippen LogP contribution in [0, 0.1) is 5.41 Å². The fourth-order valence-electron chi connectivity index (χ4n) is 2.01. The smallest absolute Gasteiger partial charge is 0.338 e. The van der Waals surface area contributed by atoms with Gasteiger partial charge in [0.1, 0.15) is 6.61 Å². The van der Waals surface area contributed by atoms with Crippen LogP contribution in [0.2, 0.25) is 0 Å². The third kappa shape index (κ3) is 2.25. The molecular formula is C13H14O5. The SMILES string of the molecule is O=C(OCC12COC(OC1)OC2)c1ccccc1. The average Bonchev–Trinajstić information content (AvgIpc) is 2.48. The fraction of sp³-hybridized carbons (Fsp3) is 0.462. The summed E-state index contributed by atoms with van der Waals surface area (Å²) in [6, 6.07) is 8.90. The maximum absolute atomic E-state index is 11.8. The Morgan fingerprint density at radius 1 is 1.17 bits per heavy atom. The molecule has 3 aliphatic heterocycles. The molecule has 3 saturated heterocycles. The van der Waals surface area contributed by atoms with Crippen molar-refractivity contribution in [1.82, 2.24) is 0 Å². The first kappa shape index (κ1) is 11.6. The van der Waals surface area contributed by atoms with Crippen LogP contribution in [0.1, 0.15) is 10.4 Å². The molecule has 96 valence electrons. The summed E-state index contributed by atoms with van der Waals surface area (Å²) < 4.78 is 21.2. The van der Waals surface area contributed by atoms with Crippen LogP contribution in [-0.4, -0.2) is 38.9 Å². The molecule has 5 nitrogen and oxygen atoms in total. The lowest BCUT2D eigenvalue weighted by molar-refractivity contribution is -0.397. The molecule has 0 N–H and O–H groups in total. The van der Waals surface area contributed by atoms with Gasteiger partial charge in [0.05, 0.1) is 30.8 Å². The molecular weight excluding hydrogens is 236 g/mol. The molecule has 0 atom stereocenters. The van der Waals surface area contributed by atoms with Gasteiger partial charge in [0.15, 0.2) is 0 Å². The second-order valence-corrected chi connectivity index (χ2v) is 4.66. The number of carbonyl (C=O) groups is 1. The minimum absolute atomic E-state index is 0.243. The molecule has 3 heterocycles. The highest BCUT2D eigenvalue weighted by Crippen LogP contribution is 2.32. The first-order valence-corrected chi connectivity index (χ1v) is 5.84. The monoisotopic (exact) mass is 250 g/mol. The summed E-state index contributed by atoms with van der Waals surface area (Å²) in [5.74, 6) is -0.335. The predicted octanol–water partition coefficient (Wildman–Crippen LogP) is 1.19. The molecule has 1 aromatic carbocycles. The van der Waals surface area contributed by atoms with Gasteiger partial charge in [-0.1, -0.05) is 18.2 Å². The van der Waals surface area contributed by atoms with Crippen molar-refractivity contribution in [2.45, 2.75) is 6.48 Å². The van der Waals surface area contributed by atoms with Crippen molar-refractivity contribution in [3.63, 3.8) is 0 Å². The van der Waals surface area contributed by atoms with E-state index in [-0.39, 0.29) is 18.0 Å². The molecule has 3 fully saturated rings. The Balaban J connectivity index is 1.59. The van der Waals surface area contributed by atoms with Gasteiger partial charge in [-0.05, 0) is 12.1 Å². The van der Waals surface area contributed by atoms with E-state index >= 15 is 0 Å². The molecule has 18 heavy (non-hydrogen) atoms. The zero-order chi connectivity index (χ0) is 12.4. The molecule has 2 bridgehead atoms. The van der Waals surface area contributed by atoms with Crippen molar-refractivity contribution in [1.29, 1.82) is 0 Å². The van der Waals surface area contributed by atoms with E-state index in [2.05, 4.69) is 0 Å². The van der Waals surface area contributed by atoms with Crippen LogP contribution in [0.4, 0.5) is 0 Å². The molecule has 0 saturated carbocycles. The summed E-state index contributed by atoms with van der Waals surface area (Å²) in [6.45, 7) is 1.20. The largest absolute Gasteiger partial charge is 0.461 e. The number of ether oxygens (including phenoxy) is 4. The van der Waals surface area contributed by atoms with Crippen molar-refractivity contribution in [3.05, 3.63) is 35.9 Å². The van der Waals surface area contributed by atoms with Crippen LogP contribution in [0.15, 0.2) is 30.3 Å². The molecule has 0 aliphatic carbocycles. The molecule has 0 amide bonds. The van der Waals surface area contributed by atoms with E-state index in [0.717, 1.165) is 0 Å². The second-order valence-electron chi connectivity index (χ2n) is 4.66. The summed E-state index contributed by atoms with van der Waals surface area (Å²) >= 11 is 0. The highest BCUT2D eigenvalue weighted by atomic mass is 16.9. The standard InChI is InChI=1S/C13H14O5/c14-11(10-4-2-1-3-5-10)15-6-13-7-16-12(17-8-13)18-9-13/h1-5,12H,6-9H2.